The molecule has 5 rings (SSSR count). The number of rotatable bonds is 2. The highest BCUT2D eigenvalue weighted by molar-refractivity contribution is 5.85. The topological polar surface area (TPSA) is 78.9 Å². The second-order valence-electron chi connectivity index (χ2n) is 10.4. The molecular weight excluding hydrogens is 372 g/mol. The van der Waals surface area contributed by atoms with Crippen molar-refractivity contribution in [3.63, 3.8) is 0 Å². The summed E-state index contributed by atoms with van der Waals surface area (Å²) in [6.45, 7) is 9.79. The number of ether oxygens (including phenoxy) is 3. The van der Waals surface area contributed by atoms with Crippen LogP contribution in [0.15, 0.2) is 12.2 Å². The lowest BCUT2D eigenvalue weighted by Gasteiger charge is -2.46. The summed E-state index contributed by atoms with van der Waals surface area (Å²) in [5, 5.41) is 0. The molecule has 0 aromatic rings. The molecule has 0 amide bonds. The van der Waals surface area contributed by atoms with Crippen LogP contribution in [0.4, 0.5) is 0 Å². The Balaban J connectivity index is 1.70. The van der Waals surface area contributed by atoms with Crippen LogP contribution in [0.1, 0.15) is 59.3 Å². The van der Waals surface area contributed by atoms with Crippen LogP contribution in [-0.4, -0.2) is 36.2 Å². The average Bonchev–Trinajstić information content (AvgIpc) is 3.08. The number of carbonyl (C=O) groups is 3. The highest BCUT2D eigenvalue weighted by atomic mass is 16.6. The van der Waals surface area contributed by atoms with Crippen molar-refractivity contribution in [3.8, 4) is 0 Å². The van der Waals surface area contributed by atoms with E-state index in [1.54, 1.807) is 0 Å². The fraction of sp³-hybridized carbons (Fsp3) is 0.783. The van der Waals surface area contributed by atoms with Gasteiger partial charge in [0.15, 0.2) is 0 Å². The van der Waals surface area contributed by atoms with Crippen molar-refractivity contribution in [1.82, 2.24) is 0 Å². The van der Waals surface area contributed by atoms with Gasteiger partial charge < -0.3 is 14.2 Å². The zero-order chi connectivity index (χ0) is 21.0. The number of hydrogen-bond donors (Lipinski definition) is 0. The van der Waals surface area contributed by atoms with Gasteiger partial charge in [0.05, 0.1) is 18.4 Å². The van der Waals surface area contributed by atoms with E-state index in [2.05, 4.69) is 13.5 Å². The van der Waals surface area contributed by atoms with E-state index >= 15 is 0 Å². The molecular formula is C23H30O6. The van der Waals surface area contributed by atoms with Crippen LogP contribution in [0.5, 0.6) is 0 Å². The maximum Gasteiger partial charge on any atom is 0.313 e. The molecule has 0 aromatic carbocycles. The first-order valence-electron chi connectivity index (χ1n) is 10.8. The molecule has 8 atom stereocenters. The molecule has 5 aliphatic rings. The molecule has 29 heavy (non-hydrogen) atoms. The van der Waals surface area contributed by atoms with Crippen molar-refractivity contribution in [1.29, 1.82) is 0 Å². The van der Waals surface area contributed by atoms with Gasteiger partial charge >= 0.3 is 17.9 Å². The van der Waals surface area contributed by atoms with Crippen LogP contribution in [0.2, 0.25) is 0 Å². The van der Waals surface area contributed by atoms with E-state index in [1.807, 2.05) is 6.92 Å². The van der Waals surface area contributed by atoms with Gasteiger partial charge in [0.2, 0.25) is 0 Å². The molecule has 6 heteroatoms. The van der Waals surface area contributed by atoms with Crippen LogP contribution in [0.3, 0.4) is 0 Å². The monoisotopic (exact) mass is 402 g/mol. The van der Waals surface area contributed by atoms with Crippen molar-refractivity contribution >= 4 is 17.9 Å². The molecule has 0 aromatic heterocycles. The molecule has 6 nitrogen and oxygen atoms in total. The minimum Gasteiger partial charge on any atom is -0.469 e. The summed E-state index contributed by atoms with van der Waals surface area (Å²) >= 11 is 0. The first kappa shape index (κ1) is 19.1. The molecule has 1 aliphatic heterocycles. The lowest BCUT2D eigenvalue weighted by molar-refractivity contribution is -0.169. The van der Waals surface area contributed by atoms with Gasteiger partial charge in [0.1, 0.15) is 11.2 Å². The highest BCUT2D eigenvalue weighted by Crippen LogP contribution is 2.79. The fourth-order valence-corrected chi connectivity index (χ4v) is 8.41. The molecule has 1 heterocycles. The fourth-order valence-electron chi connectivity index (χ4n) is 8.41. The first-order valence-corrected chi connectivity index (χ1v) is 10.8. The number of methoxy groups -OCH3 is 1. The van der Waals surface area contributed by atoms with Crippen molar-refractivity contribution in [3.05, 3.63) is 12.2 Å². The zero-order valence-electron chi connectivity index (χ0n) is 17.7. The van der Waals surface area contributed by atoms with E-state index in [4.69, 9.17) is 14.2 Å². The minimum absolute atomic E-state index is 0.0605. The Morgan fingerprint density at radius 1 is 1.24 bits per heavy atom. The Morgan fingerprint density at radius 3 is 2.62 bits per heavy atom. The largest absolute Gasteiger partial charge is 0.469 e. The minimum atomic E-state index is -0.714. The molecule has 5 fully saturated rings. The molecule has 158 valence electrons. The second kappa shape index (κ2) is 5.44. The van der Waals surface area contributed by atoms with Gasteiger partial charge in [0.25, 0.3) is 0 Å². The third kappa shape index (κ3) is 1.92. The molecule has 1 saturated heterocycles. The van der Waals surface area contributed by atoms with Gasteiger partial charge in [0, 0.05) is 18.8 Å². The predicted molar refractivity (Wildman–Crippen MR) is 102 cm³/mol. The molecule has 4 saturated carbocycles. The van der Waals surface area contributed by atoms with Gasteiger partial charge in [-0.3, -0.25) is 14.4 Å². The first-order chi connectivity index (χ1) is 13.6. The SMILES string of the molecule is C=C1C[C@]23C[C@@]1(OC(C)=O)CCC2[C@@]12CC[C@H](C)[C@](C)(C(=O)O1)C2[C@@H]3C(=O)OC. The Labute approximate surface area is 171 Å². The zero-order valence-corrected chi connectivity index (χ0v) is 17.7. The number of fused-ring (bicyclic) bond motifs is 1. The van der Waals surface area contributed by atoms with Crippen LogP contribution < -0.4 is 0 Å². The summed E-state index contributed by atoms with van der Waals surface area (Å²) in [4.78, 5) is 38.3. The van der Waals surface area contributed by atoms with E-state index in [1.165, 1.54) is 14.0 Å². The van der Waals surface area contributed by atoms with E-state index < -0.39 is 27.9 Å². The van der Waals surface area contributed by atoms with Crippen LogP contribution >= 0.6 is 0 Å². The van der Waals surface area contributed by atoms with Crippen LogP contribution in [0, 0.1) is 34.5 Å². The number of carbonyl (C=O) groups excluding carboxylic acids is 3. The van der Waals surface area contributed by atoms with E-state index in [9.17, 15) is 14.4 Å². The van der Waals surface area contributed by atoms with Gasteiger partial charge in [-0.25, -0.2) is 0 Å². The Kier molecular flexibility index (Phi) is 3.59. The summed E-state index contributed by atoms with van der Waals surface area (Å²) < 4.78 is 17.4. The highest BCUT2D eigenvalue weighted by Gasteiger charge is 2.84. The van der Waals surface area contributed by atoms with Gasteiger partial charge in [-0.2, -0.15) is 0 Å². The normalized spacial score (nSPS) is 51.9. The maximum atomic E-state index is 13.3. The Morgan fingerprint density at radius 2 is 1.97 bits per heavy atom. The summed E-state index contributed by atoms with van der Waals surface area (Å²) in [5.74, 6) is -1.21. The van der Waals surface area contributed by atoms with Gasteiger partial charge in [-0.15, -0.1) is 0 Å². The summed E-state index contributed by atoms with van der Waals surface area (Å²) in [6.07, 6.45) is 4.31. The second-order valence-corrected chi connectivity index (χ2v) is 10.4. The molecule has 4 bridgehead atoms. The number of hydrogen-bond acceptors (Lipinski definition) is 6. The van der Waals surface area contributed by atoms with E-state index in [0.29, 0.717) is 19.3 Å². The summed E-state index contributed by atoms with van der Waals surface area (Å²) in [5.41, 5.74) is -1.58. The third-order valence-corrected chi connectivity index (χ3v) is 9.56. The van der Waals surface area contributed by atoms with Gasteiger partial charge in [-0.05, 0) is 62.4 Å². The quantitative estimate of drug-likeness (QED) is 0.401. The van der Waals surface area contributed by atoms with Gasteiger partial charge in [-0.1, -0.05) is 13.5 Å². The average molecular weight is 402 g/mol. The Hall–Kier alpha value is -1.85. The Bertz CT molecular complexity index is 848. The molecule has 0 N–H and O–H groups in total. The van der Waals surface area contributed by atoms with Crippen LogP contribution in [-0.2, 0) is 28.6 Å². The maximum absolute atomic E-state index is 13.3. The molecule has 4 aliphatic carbocycles. The van der Waals surface area contributed by atoms with Crippen LogP contribution in [0.25, 0.3) is 0 Å². The van der Waals surface area contributed by atoms with Crippen molar-refractivity contribution in [2.45, 2.75) is 70.5 Å². The van der Waals surface area contributed by atoms with E-state index in [0.717, 1.165) is 24.8 Å². The van der Waals surface area contributed by atoms with Crippen molar-refractivity contribution in [2.75, 3.05) is 7.11 Å². The standard InChI is InChI=1S/C23H30O6/c1-12-6-9-23-15-7-8-22(28-14(3)24)11-21(15,10-13(22)2)16(18(25)27-5)17(23)20(12,4)19(26)29-23/h12,15-17H,2,6-11H2,1,3-5H3/t12-,15?,16+,17?,20-,21-,22-,23+/m0/s1. The molecule has 0 radical (unpaired) electrons. The lowest BCUT2D eigenvalue weighted by Crippen LogP contribution is -2.50. The lowest BCUT2D eigenvalue weighted by atomic mass is 9.56. The molecule has 2 unspecified atom stereocenters. The van der Waals surface area contributed by atoms with Crippen molar-refractivity contribution in [2.24, 2.45) is 34.5 Å². The molecule has 1 spiro atoms. The van der Waals surface area contributed by atoms with E-state index in [-0.39, 0.29) is 35.7 Å². The summed E-state index contributed by atoms with van der Waals surface area (Å²) in [6, 6.07) is 0. The predicted octanol–water partition coefficient (Wildman–Crippen LogP) is 3.19. The smallest absolute Gasteiger partial charge is 0.313 e. The third-order valence-electron chi connectivity index (χ3n) is 9.56. The summed E-state index contributed by atoms with van der Waals surface area (Å²) in [7, 11) is 1.42. The van der Waals surface area contributed by atoms with Crippen molar-refractivity contribution < 1.29 is 28.6 Å². The number of esters is 3.